The van der Waals surface area contributed by atoms with Gasteiger partial charge in [0, 0.05) is 10.7 Å². The van der Waals surface area contributed by atoms with Gasteiger partial charge in [0.1, 0.15) is 4.99 Å². The number of halogens is 1. The Bertz CT molecular complexity index is 581. The van der Waals surface area contributed by atoms with Gasteiger partial charge >= 0.3 is 0 Å². The summed E-state index contributed by atoms with van der Waals surface area (Å²) in [5.41, 5.74) is 9.04. The van der Waals surface area contributed by atoms with Crippen molar-refractivity contribution in [2.75, 3.05) is 5.32 Å². The molecule has 0 amide bonds. The van der Waals surface area contributed by atoms with Crippen molar-refractivity contribution < 1.29 is 0 Å². The van der Waals surface area contributed by atoms with Gasteiger partial charge < -0.3 is 11.1 Å². The monoisotopic (exact) mass is 277 g/mol. The summed E-state index contributed by atoms with van der Waals surface area (Å²) in [6, 6.07) is 9.35. The van der Waals surface area contributed by atoms with Crippen molar-refractivity contribution in [3.8, 4) is 0 Å². The van der Waals surface area contributed by atoms with Gasteiger partial charge in [-0.3, -0.25) is 4.98 Å². The molecule has 0 spiro atoms. The summed E-state index contributed by atoms with van der Waals surface area (Å²) >= 11 is 10.8. The van der Waals surface area contributed by atoms with E-state index in [1.165, 1.54) is 0 Å². The summed E-state index contributed by atoms with van der Waals surface area (Å²) in [6.07, 6.45) is 1.70. The van der Waals surface area contributed by atoms with Crippen LogP contribution in [-0.4, -0.2) is 9.97 Å². The van der Waals surface area contributed by atoms with E-state index in [0.717, 1.165) is 22.0 Å². The lowest BCUT2D eigenvalue weighted by atomic mass is 10.2. The Morgan fingerprint density at radius 3 is 2.67 bits per heavy atom. The molecule has 92 valence electrons. The first kappa shape index (κ1) is 12.8. The molecule has 18 heavy (non-hydrogen) atoms. The maximum Gasteiger partial charge on any atom is 0.122 e. The third-order valence-electron chi connectivity index (χ3n) is 2.48. The average molecular weight is 278 g/mol. The summed E-state index contributed by atoms with van der Waals surface area (Å²) in [5, 5.41) is 3.98. The molecule has 1 heterocycles. The molecule has 5 heteroatoms. The van der Waals surface area contributed by atoms with Crippen LogP contribution in [0.2, 0.25) is 5.02 Å². The van der Waals surface area contributed by atoms with E-state index in [9.17, 15) is 0 Å². The molecule has 3 nitrogen and oxygen atoms in total. The molecule has 0 aliphatic carbocycles. The standard InChI is InChI=1S/C13H12ClN3S/c1-8-6-9(14)2-4-11(8)17-10-3-5-12(13(15)18)16-7-10/h2-7,17H,1H3,(H2,15,18). The third kappa shape index (κ3) is 2.97. The maximum absolute atomic E-state index is 5.91. The van der Waals surface area contributed by atoms with Crippen molar-refractivity contribution in [3.05, 3.63) is 52.8 Å². The van der Waals surface area contributed by atoms with Crippen molar-refractivity contribution in [1.29, 1.82) is 0 Å². The van der Waals surface area contributed by atoms with Crippen LogP contribution in [0.1, 0.15) is 11.3 Å². The Hall–Kier alpha value is -1.65. The molecule has 0 saturated heterocycles. The first-order valence-corrected chi connectivity index (χ1v) is 6.14. The highest BCUT2D eigenvalue weighted by molar-refractivity contribution is 7.80. The number of nitrogens with zero attached hydrogens (tertiary/aromatic N) is 1. The lowest BCUT2D eigenvalue weighted by molar-refractivity contribution is 1.28. The summed E-state index contributed by atoms with van der Waals surface area (Å²) in [7, 11) is 0. The maximum atomic E-state index is 5.91. The Labute approximate surface area is 116 Å². The normalized spacial score (nSPS) is 10.1. The summed E-state index contributed by atoms with van der Waals surface area (Å²) in [4.78, 5) is 4.46. The fourth-order valence-electron chi connectivity index (χ4n) is 1.54. The van der Waals surface area contributed by atoms with E-state index in [1.807, 2.05) is 31.2 Å². The number of aryl methyl sites for hydroxylation is 1. The number of hydrogen-bond donors (Lipinski definition) is 2. The Balaban J connectivity index is 2.21. The molecular formula is C13H12ClN3S. The summed E-state index contributed by atoms with van der Waals surface area (Å²) in [5.74, 6) is 0. The van der Waals surface area contributed by atoms with Crippen LogP contribution in [0.15, 0.2) is 36.5 Å². The van der Waals surface area contributed by atoms with Gasteiger partial charge in [0.25, 0.3) is 0 Å². The number of nitrogens with two attached hydrogens (primary N) is 1. The summed E-state index contributed by atoms with van der Waals surface area (Å²) < 4.78 is 0. The Kier molecular flexibility index (Phi) is 3.79. The molecule has 0 bridgehead atoms. The molecule has 0 atom stereocenters. The van der Waals surface area contributed by atoms with Gasteiger partial charge in [-0.05, 0) is 42.8 Å². The molecular weight excluding hydrogens is 266 g/mol. The lowest BCUT2D eigenvalue weighted by Crippen LogP contribution is -2.11. The van der Waals surface area contributed by atoms with Gasteiger partial charge in [-0.15, -0.1) is 0 Å². The van der Waals surface area contributed by atoms with Crippen molar-refractivity contribution in [2.45, 2.75) is 6.92 Å². The van der Waals surface area contributed by atoms with Gasteiger partial charge in [0.2, 0.25) is 0 Å². The van der Waals surface area contributed by atoms with Crippen LogP contribution < -0.4 is 11.1 Å². The van der Waals surface area contributed by atoms with E-state index in [2.05, 4.69) is 10.3 Å². The first-order valence-electron chi connectivity index (χ1n) is 5.35. The largest absolute Gasteiger partial charge is 0.388 e. The summed E-state index contributed by atoms with van der Waals surface area (Å²) in [6.45, 7) is 1.99. The lowest BCUT2D eigenvalue weighted by Gasteiger charge is -2.09. The van der Waals surface area contributed by atoms with Crippen LogP contribution in [0.5, 0.6) is 0 Å². The van der Waals surface area contributed by atoms with E-state index in [0.29, 0.717) is 10.7 Å². The molecule has 0 unspecified atom stereocenters. The van der Waals surface area contributed by atoms with Crippen LogP contribution in [0, 0.1) is 6.92 Å². The number of nitrogens with one attached hydrogen (secondary N) is 1. The zero-order valence-corrected chi connectivity index (χ0v) is 11.3. The van der Waals surface area contributed by atoms with E-state index >= 15 is 0 Å². The van der Waals surface area contributed by atoms with Gasteiger partial charge in [-0.2, -0.15) is 0 Å². The van der Waals surface area contributed by atoms with Crippen LogP contribution in [0.4, 0.5) is 11.4 Å². The highest BCUT2D eigenvalue weighted by Gasteiger charge is 2.01. The number of rotatable bonds is 3. The predicted molar refractivity (Wildman–Crippen MR) is 79.6 cm³/mol. The zero-order chi connectivity index (χ0) is 13.1. The smallest absolute Gasteiger partial charge is 0.122 e. The minimum Gasteiger partial charge on any atom is -0.388 e. The van der Waals surface area contributed by atoms with Crippen molar-refractivity contribution in [2.24, 2.45) is 5.73 Å². The average Bonchev–Trinajstić information content (AvgIpc) is 2.33. The van der Waals surface area contributed by atoms with Crippen molar-refractivity contribution in [3.63, 3.8) is 0 Å². The number of benzene rings is 1. The number of pyridine rings is 1. The zero-order valence-electron chi connectivity index (χ0n) is 9.77. The molecule has 3 N–H and O–H groups in total. The fraction of sp³-hybridized carbons (Fsp3) is 0.0769. The first-order chi connectivity index (χ1) is 8.56. The number of thiocarbonyl (C=S) groups is 1. The Morgan fingerprint density at radius 2 is 2.11 bits per heavy atom. The predicted octanol–water partition coefficient (Wildman–Crippen LogP) is 3.42. The minimum atomic E-state index is 0.296. The van der Waals surface area contributed by atoms with Crippen LogP contribution in [-0.2, 0) is 0 Å². The highest BCUT2D eigenvalue weighted by atomic mass is 35.5. The third-order valence-corrected chi connectivity index (χ3v) is 2.93. The molecule has 1 aromatic carbocycles. The minimum absolute atomic E-state index is 0.296. The van der Waals surface area contributed by atoms with E-state index in [1.54, 1.807) is 12.3 Å². The van der Waals surface area contributed by atoms with E-state index < -0.39 is 0 Å². The SMILES string of the molecule is Cc1cc(Cl)ccc1Nc1ccc(C(N)=S)nc1. The van der Waals surface area contributed by atoms with Crippen LogP contribution >= 0.6 is 23.8 Å². The van der Waals surface area contributed by atoms with Gasteiger partial charge in [0.15, 0.2) is 0 Å². The van der Waals surface area contributed by atoms with Crippen molar-refractivity contribution in [1.82, 2.24) is 4.98 Å². The van der Waals surface area contributed by atoms with Crippen molar-refractivity contribution >= 4 is 40.2 Å². The molecule has 2 rings (SSSR count). The molecule has 0 saturated carbocycles. The number of hydrogen-bond acceptors (Lipinski definition) is 3. The van der Waals surface area contributed by atoms with E-state index in [4.69, 9.17) is 29.6 Å². The second-order valence-electron chi connectivity index (χ2n) is 3.88. The number of aromatic nitrogens is 1. The fourth-order valence-corrected chi connectivity index (χ4v) is 1.88. The topological polar surface area (TPSA) is 50.9 Å². The molecule has 1 aromatic heterocycles. The second kappa shape index (κ2) is 5.33. The number of anilines is 2. The second-order valence-corrected chi connectivity index (χ2v) is 4.76. The van der Waals surface area contributed by atoms with E-state index in [-0.39, 0.29) is 0 Å². The molecule has 0 fully saturated rings. The highest BCUT2D eigenvalue weighted by Crippen LogP contribution is 2.23. The molecule has 2 aromatic rings. The molecule has 0 aliphatic heterocycles. The molecule has 0 aliphatic rings. The van der Waals surface area contributed by atoms with Gasteiger partial charge in [0.05, 0.1) is 17.6 Å². The van der Waals surface area contributed by atoms with Gasteiger partial charge in [-0.25, -0.2) is 0 Å². The van der Waals surface area contributed by atoms with Crippen LogP contribution in [0.25, 0.3) is 0 Å². The molecule has 0 radical (unpaired) electrons. The van der Waals surface area contributed by atoms with Gasteiger partial charge in [-0.1, -0.05) is 23.8 Å². The quantitative estimate of drug-likeness (QED) is 0.844. The van der Waals surface area contributed by atoms with Crippen LogP contribution in [0.3, 0.4) is 0 Å². The Morgan fingerprint density at radius 1 is 1.33 bits per heavy atom.